The van der Waals surface area contributed by atoms with Gasteiger partial charge in [0.15, 0.2) is 11.6 Å². The molecule has 0 saturated carbocycles. The fourth-order valence-corrected chi connectivity index (χ4v) is 9.15. The van der Waals surface area contributed by atoms with Gasteiger partial charge in [-0.1, -0.05) is 200 Å². The highest BCUT2D eigenvalue weighted by Gasteiger charge is 2.24. The van der Waals surface area contributed by atoms with Gasteiger partial charge in [0.25, 0.3) is 0 Å². The molecule has 12 aromatic rings. The van der Waals surface area contributed by atoms with Gasteiger partial charge in [-0.3, -0.25) is 4.57 Å². The SMILES string of the molecule is c1ccc(-c2ccc(-c3ccccc3-c3cccc(-n4c5ccccc5c5ccc6c7ccccc7n(-c7nc(-c8ccccc8)nc(-c8ccccc8)n7)c6c54)c3)cc2)cc1. The van der Waals surface area contributed by atoms with Crippen molar-refractivity contribution < 1.29 is 0 Å². The van der Waals surface area contributed by atoms with E-state index in [1.54, 1.807) is 0 Å². The zero-order valence-corrected chi connectivity index (χ0v) is 33.6. The second kappa shape index (κ2) is 14.7. The molecule has 0 unspecified atom stereocenters. The smallest absolute Gasteiger partial charge is 0.238 e. The molecule has 12 rings (SSSR count). The number of hydrogen-bond donors (Lipinski definition) is 0. The lowest BCUT2D eigenvalue weighted by Gasteiger charge is -2.15. The minimum atomic E-state index is 0.564. The molecule has 5 nitrogen and oxygen atoms in total. The van der Waals surface area contributed by atoms with Gasteiger partial charge < -0.3 is 4.57 Å². The van der Waals surface area contributed by atoms with Gasteiger partial charge in [0.1, 0.15) is 0 Å². The van der Waals surface area contributed by atoms with Gasteiger partial charge >= 0.3 is 0 Å². The minimum absolute atomic E-state index is 0.564. The second-order valence-electron chi connectivity index (χ2n) is 15.6. The fraction of sp³-hybridized carbons (Fsp3) is 0. The zero-order valence-electron chi connectivity index (χ0n) is 33.6. The summed E-state index contributed by atoms with van der Waals surface area (Å²) in [4.78, 5) is 15.6. The van der Waals surface area contributed by atoms with Crippen LogP contribution in [0.3, 0.4) is 0 Å². The molecule has 0 radical (unpaired) electrons. The molecule has 62 heavy (non-hydrogen) atoms. The van der Waals surface area contributed by atoms with Gasteiger partial charge in [0, 0.05) is 38.4 Å². The van der Waals surface area contributed by atoms with Crippen molar-refractivity contribution in [3.8, 4) is 67.8 Å². The van der Waals surface area contributed by atoms with E-state index >= 15 is 0 Å². The van der Waals surface area contributed by atoms with Crippen LogP contribution in [0.1, 0.15) is 0 Å². The summed E-state index contributed by atoms with van der Waals surface area (Å²) in [5, 5.41) is 4.59. The molecule has 290 valence electrons. The van der Waals surface area contributed by atoms with Gasteiger partial charge in [-0.25, -0.2) is 4.98 Å². The first-order chi connectivity index (χ1) is 30.8. The molecule has 0 aliphatic carbocycles. The van der Waals surface area contributed by atoms with Crippen molar-refractivity contribution >= 4 is 43.6 Å². The lowest BCUT2D eigenvalue weighted by molar-refractivity contribution is 0.953. The molecule has 0 aliphatic heterocycles. The van der Waals surface area contributed by atoms with E-state index in [2.05, 4.69) is 197 Å². The van der Waals surface area contributed by atoms with Gasteiger partial charge in [0.2, 0.25) is 5.95 Å². The van der Waals surface area contributed by atoms with Crippen LogP contribution in [0.25, 0.3) is 111 Å². The van der Waals surface area contributed by atoms with Gasteiger partial charge in [0.05, 0.1) is 22.1 Å². The summed E-state index contributed by atoms with van der Waals surface area (Å²) in [6.07, 6.45) is 0. The lowest BCUT2D eigenvalue weighted by atomic mass is 9.93. The Balaban J connectivity index is 1.11. The van der Waals surface area contributed by atoms with E-state index in [1.807, 2.05) is 36.4 Å². The predicted octanol–water partition coefficient (Wildman–Crippen LogP) is 14.4. The summed E-state index contributed by atoms with van der Waals surface area (Å²) < 4.78 is 4.68. The molecular weight excluding hydrogens is 755 g/mol. The Morgan fingerprint density at radius 2 is 0.710 bits per heavy atom. The van der Waals surface area contributed by atoms with Crippen molar-refractivity contribution in [3.05, 3.63) is 224 Å². The Bertz CT molecular complexity index is 3550. The van der Waals surface area contributed by atoms with E-state index in [-0.39, 0.29) is 0 Å². The molecule has 0 saturated heterocycles. The third-order valence-electron chi connectivity index (χ3n) is 12.0. The van der Waals surface area contributed by atoms with Gasteiger partial charge in [-0.2, -0.15) is 9.97 Å². The van der Waals surface area contributed by atoms with Crippen LogP contribution in [0.4, 0.5) is 0 Å². The molecular formula is C57H37N5. The zero-order chi connectivity index (χ0) is 41.0. The van der Waals surface area contributed by atoms with Crippen molar-refractivity contribution in [3.63, 3.8) is 0 Å². The molecule has 0 spiro atoms. The van der Waals surface area contributed by atoms with Crippen molar-refractivity contribution in [2.24, 2.45) is 0 Å². The molecule has 3 aromatic heterocycles. The van der Waals surface area contributed by atoms with Crippen LogP contribution in [0.5, 0.6) is 0 Å². The van der Waals surface area contributed by atoms with Gasteiger partial charge in [-0.05, 0) is 57.6 Å². The normalized spacial score (nSPS) is 11.5. The summed E-state index contributed by atoms with van der Waals surface area (Å²) in [6.45, 7) is 0. The van der Waals surface area contributed by atoms with Crippen molar-refractivity contribution in [1.82, 2.24) is 24.1 Å². The maximum Gasteiger partial charge on any atom is 0.238 e. The molecule has 0 fully saturated rings. The maximum absolute atomic E-state index is 5.28. The molecule has 0 atom stereocenters. The lowest BCUT2D eigenvalue weighted by Crippen LogP contribution is -2.07. The molecule has 5 heteroatoms. The van der Waals surface area contributed by atoms with Crippen LogP contribution in [-0.2, 0) is 0 Å². The summed E-state index contributed by atoms with van der Waals surface area (Å²) in [7, 11) is 0. The molecule has 9 aromatic carbocycles. The van der Waals surface area contributed by atoms with Crippen molar-refractivity contribution in [2.75, 3.05) is 0 Å². The highest BCUT2D eigenvalue weighted by molar-refractivity contribution is 6.23. The molecule has 0 bridgehead atoms. The average molecular weight is 792 g/mol. The molecule has 0 amide bonds. The Hall–Kier alpha value is -8.41. The number of rotatable bonds is 7. The number of para-hydroxylation sites is 2. The summed E-state index contributed by atoms with van der Waals surface area (Å²) in [6, 6.07) is 79.4. The predicted molar refractivity (Wildman–Crippen MR) is 256 cm³/mol. The van der Waals surface area contributed by atoms with E-state index in [1.165, 1.54) is 33.2 Å². The third kappa shape index (κ3) is 5.90. The van der Waals surface area contributed by atoms with Crippen molar-refractivity contribution in [2.45, 2.75) is 0 Å². The molecule has 0 N–H and O–H groups in total. The highest BCUT2D eigenvalue weighted by Crippen LogP contribution is 2.42. The Kier molecular flexibility index (Phi) is 8.42. The standard InChI is InChI=1S/C57H37N5/c1-4-17-38(18-5-1)39-31-33-40(34-32-39)45-25-10-11-26-46(45)43-23-16-24-44(37-43)61-51-29-14-12-27-47(51)49-35-36-50-48-28-13-15-30-52(48)62(54(50)53(49)61)57-59-55(41-19-6-2-7-20-41)58-56(60-57)42-21-8-3-9-22-42/h1-37H. The topological polar surface area (TPSA) is 48.5 Å². The van der Waals surface area contributed by atoms with Crippen LogP contribution >= 0.6 is 0 Å². The first-order valence-electron chi connectivity index (χ1n) is 21.0. The first-order valence-corrected chi connectivity index (χ1v) is 21.0. The Labute approximate surface area is 358 Å². The van der Waals surface area contributed by atoms with E-state index in [0.717, 1.165) is 60.6 Å². The summed E-state index contributed by atoms with van der Waals surface area (Å²) in [5.41, 5.74) is 14.3. The van der Waals surface area contributed by atoms with Crippen LogP contribution < -0.4 is 0 Å². The van der Waals surface area contributed by atoms with E-state index in [4.69, 9.17) is 15.0 Å². The highest BCUT2D eigenvalue weighted by atomic mass is 15.2. The maximum atomic E-state index is 5.28. The quantitative estimate of drug-likeness (QED) is 0.162. The monoisotopic (exact) mass is 791 g/mol. The number of nitrogens with zero attached hydrogens (tertiary/aromatic N) is 5. The van der Waals surface area contributed by atoms with E-state index in [0.29, 0.717) is 17.6 Å². The van der Waals surface area contributed by atoms with E-state index in [9.17, 15) is 0 Å². The number of hydrogen-bond acceptors (Lipinski definition) is 3. The van der Waals surface area contributed by atoms with Crippen LogP contribution in [0, 0.1) is 0 Å². The Morgan fingerprint density at radius 1 is 0.274 bits per heavy atom. The van der Waals surface area contributed by atoms with Crippen LogP contribution in [0.2, 0.25) is 0 Å². The largest absolute Gasteiger partial charge is 0.307 e. The first kappa shape index (κ1) is 35.5. The Morgan fingerprint density at radius 3 is 1.31 bits per heavy atom. The second-order valence-corrected chi connectivity index (χ2v) is 15.6. The fourth-order valence-electron chi connectivity index (χ4n) is 9.15. The van der Waals surface area contributed by atoms with Crippen LogP contribution in [0.15, 0.2) is 224 Å². The van der Waals surface area contributed by atoms with Gasteiger partial charge in [-0.15, -0.1) is 0 Å². The molecule has 0 aliphatic rings. The molecule has 3 heterocycles. The summed E-state index contributed by atoms with van der Waals surface area (Å²) >= 11 is 0. The number of aromatic nitrogens is 5. The van der Waals surface area contributed by atoms with Crippen molar-refractivity contribution in [1.29, 1.82) is 0 Å². The average Bonchev–Trinajstić information content (AvgIpc) is 3.88. The number of fused-ring (bicyclic) bond motifs is 7. The van der Waals surface area contributed by atoms with Crippen LogP contribution in [-0.4, -0.2) is 24.1 Å². The minimum Gasteiger partial charge on any atom is -0.307 e. The summed E-state index contributed by atoms with van der Waals surface area (Å²) in [5.74, 6) is 1.80. The third-order valence-corrected chi connectivity index (χ3v) is 12.0. The number of benzene rings is 9. The van der Waals surface area contributed by atoms with E-state index < -0.39 is 0 Å².